The Balaban J connectivity index is 1.77. The zero-order chi connectivity index (χ0) is 23.4. The molecule has 2 heterocycles. The van der Waals surface area contributed by atoms with Crippen LogP contribution in [0.5, 0.6) is 5.75 Å². The van der Waals surface area contributed by atoms with Gasteiger partial charge in [-0.3, -0.25) is 4.79 Å². The normalized spacial score (nSPS) is 17.2. The van der Waals surface area contributed by atoms with Gasteiger partial charge >= 0.3 is 6.18 Å². The van der Waals surface area contributed by atoms with E-state index >= 15 is 0 Å². The van der Waals surface area contributed by atoms with Crippen LogP contribution in [0.2, 0.25) is 0 Å². The molecule has 0 aliphatic carbocycles. The van der Waals surface area contributed by atoms with E-state index in [4.69, 9.17) is 10.5 Å². The molecule has 10 heteroatoms. The third-order valence-corrected chi connectivity index (χ3v) is 5.39. The number of rotatable bonds is 3. The number of nitrogen functional groups attached to an aromatic ring is 1. The number of nitrogens with two attached hydrogens (primary N) is 1. The number of halogens is 3. The van der Waals surface area contributed by atoms with E-state index in [2.05, 4.69) is 15.3 Å². The average molecular weight is 445 g/mol. The fourth-order valence-corrected chi connectivity index (χ4v) is 3.74. The molecule has 0 fully saturated rings. The first-order chi connectivity index (χ1) is 14.9. The van der Waals surface area contributed by atoms with Crippen molar-refractivity contribution in [3.05, 3.63) is 47.3 Å². The van der Waals surface area contributed by atoms with Gasteiger partial charge in [-0.15, -0.1) is 0 Å². The van der Waals surface area contributed by atoms with Crippen LogP contribution in [-0.2, 0) is 11.0 Å². The van der Waals surface area contributed by atoms with E-state index < -0.39 is 23.9 Å². The van der Waals surface area contributed by atoms with Crippen LogP contribution in [0.15, 0.2) is 30.3 Å². The maximum Gasteiger partial charge on any atom is 0.416 e. The number of aromatic nitrogens is 2. The summed E-state index contributed by atoms with van der Waals surface area (Å²) in [5.41, 5.74) is 6.43. The van der Waals surface area contributed by atoms with Crippen molar-refractivity contribution in [2.24, 2.45) is 0 Å². The highest BCUT2D eigenvalue weighted by atomic mass is 19.4. The number of nitrogens with zero attached hydrogens (tertiary/aromatic N) is 3. The number of ether oxygens (including phenoxy) is 1. The van der Waals surface area contributed by atoms with Gasteiger partial charge in [-0.05, 0) is 50.6 Å². The monoisotopic (exact) mass is 445 g/mol. The Morgan fingerprint density at radius 1 is 1.19 bits per heavy atom. The predicted molar refractivity (Wildman–Crippen MR) is 116 cm³/mol. The lowest BCUT2D eigenvalue weighted by Crippen LogP contribution is -2.41. The molecular weight excluding hydrogens is 423 g/mol. The van der Waals surface area contributed by atoms with Crippen molar-refractivity contribution in [2.75, 3.05) is 23.0 Å². The van der Waals surface area contributed by atoms with Gasteiger partial charge in [0.25, 0.3) is 5.91 Å². The van der Waals surface area contributed by atoms with Crippen LogP contribution in [0.1, 0.15) is 36.8 Å². The van der Waals surface area contributed by atoms with E-state index in [1.54, 1.807) is 40.0 Å². The molecule has 4 rings (SSSR count). The van der Waals surface area contributed by atoms with Crippen LogP contribution in [-0.4, -0.2) is 29.0 Å². The third-order valence-electron chi connectivity index (χ3n) is 5.39. The Labute approximate surface area is 182 Å². The Hall–Kier alpha value is -3.56. The summed E-state index contributed by atoms with van der Waals surface area (Å²) in [6.45, 7) is 5.11. The molecule has 0 radical (unpaired) electrons. The number of likely N-dealkylation sites (N-methyl/N-ethyl adjacent to an activating group) is 1. The highest BCUT2D eigenvalue weighted by Crippen LogP contribution is 2.39. The number of alkyl halides is 3. The van der Waals surface area contributed by atoms with Crippen LogP contribution in [0, 0.1) is 6.92 Å². The predicted octanol–water partition coefficient (Wildman–Crippen LogP) is 4.46. The molecule has 2 atom stereocenters. The summed E-state index contributed by atoms with van der Waals surface area (Å²) in [4.78, 5) is 22.7. The average Bonchev–Trinajstić information content (AvgIpc) is 2.70. The first-order valence-corrected chi connectivity index (χ1v) is 9.95. The summed E-state index contributed by atoms with van der Waals surface area (Å²) < 4.78 is 45.4. The molecule has 2 aromatic carbocycles. The van der Waals surface area contributed by atoms with Crippen LogP contribution >= 0.6 is 0 Å². The van der Waals surface area contributed by atoms with Crippen LogP contribution in [0.4, 0.5) is 30.4 Å². The van der Waals surface area contributed by atoms with Crippen molar-refractivity contribution >= 4 is 34.0 Å². The van der Waals surface area contributed by atoms with Crippen molar-refractivity contribution < 1.29 is 22.7 Å². The molecule has 7 nitrogen and oxygen atoms in total. The van der Waals surface area contributed by atoms with Gasteiger partial charge in [-0.2, -0.15) is 13.2 Å². The zero-order valence-electron chi connectivity index (χ0n) is 17.9. The van der Waals surface area contributed by atoms with Crippen molar-refractivity contribution in [3.8, 4) is 5.75 Å². The molecule has 1 aliphatic heterocycles. The topological polar surface area (TPSA) is 93.4 Å². The number of carbonyl (C=O) groups is 1. The Morgan fingerprint density at radius 2 is 1.91 bits per heavy atom. The summed E-state index contributed by atoms with van der Waals surface area (Å²) in [5, 5.41) is 3.78. The van der Waals surface area contributed by atoms with Gasteiger partial charge in [0.15, 0.2) is 6.10 Å². The lowest BCUT2D eigenvalue weighted by Gasteiger charge is -2.30. The van der Waals surface area contributed by atoms with E-state index in [1.807, 2.05) is 0 Å². The number of hydrogen-bond acceptors (Lipinski definition) is 6. The third kappa shape index (κ3) is 3.88. The van der Waals surface area contributed by atoms with Gasteiger partial charge in [0.05, 0.1) is 22.8 Å². The van der Waals surface area contributed by atoms with Crippen LogP contribution in [0.25, 0.3) is 10.9 Å². The number of nitrogens with one attached hydrogen (secondary N) is 1. The fraction of sp³-hybridized carbons (Fsp3) is 0.318. The van der Waals surface area contributed by atoms with E-state index in [0.29, 0.717) is 39.5 Å². The molecule has 3 N–H and O–H groups in total. The summed E-state index contributed by atoms with van der Waals surface area (Å²) >= 11 is 0. The summed E-state index contributed by atoms with van der Waals surface area (Å²) in [5.74, 6) is 1.24. The minimum Gasteiger partial charge on any atom is -0.479 e. The second-order valence-electron chi connectivity index (χ2n) is 7.87. The van der Waals surface area contributed by atoms with Crippen LogP contribution < -0.4 is 20.7 Å². The van der Waals surface area contributed by atoms with Crippen molar-refractivity contribution in [3.63, 3.8) is 0 Å². The standard InChI is InChI=1S/C22H22F3N5O2/c1-10(13-5-14(22(23,24)25)7-15(26)6-13)27-20-16-8-18-19(9-17(16)28-12(3)29-20)32-11(2)21(31)30(18)4/h5-11H,26H2,1-4H3,(H,27,28,29)/t10-,11-/m1/s1. The highest BCUT2D eigenvalue weighted by Gasteiger charge is 2.32. The number of aryl methyl sites for hydroxylation is 1. The fourth-order valence-electron chi connectivity index (χ4n) is 3.74. The smallest absolute Gasteiger partial charge is 0.416 e. The minimum absolute atomic E-state index is 0.0210. The minimum atomic E-state index is -4.50. The van der Waals surface area contributed by atoms with E-state index in [1.165, 1.54) is 11.0 Å². The molecule has 0 bridgehead atoms. The van der Waals surface area contributed by atoms with Gasteiger partial charge in [0.1, 0.15) is 17.4 Å². The molecule has 0 saturated heterocycles. The summed E-state index contributed by atoms with van der Waals surface area (Å²) in [6.07, 6.45) is -5.12. The maximum atomic E-state index is 13.2. The largest absolute Gasteiger partial charge is 0.479 e. The number of benzene rings is 2. The van der Waals surface area contributed by atoms with Gasteiger partial charge in [0.2, 0.25) is 0 Å². The lowest BCUT2D eigenvalue weighted by atomic mass is 10.0. The Kier molecular flexibility index (Phi) is 5.10. The highest BCUT2D eigenvalue weighted by molar-refractivity contribution is 6.03. The molecule has 1 aromatic heterocycles. The summed E-state index contributed by atoms with van der Waals surface area (Å²) in [7, 11) is 1.65. The number of carbonyl (C=O) groups excluding carboxylic acids is 1. The summed E-state index contributed by atoms with van der Waals surface area (Å²) in [6, 6.07) is 6.39. The molecular formula is C22H22F3N5O2. The van der Waals surface area contributed by atoms with Crippen molar-refractivity contribution in [1.82, 2.24) is 9.97 Å². The molecule has 1 aliphatic rings. The number of amides is 1. The second-order valence-corrected chi connectivity index (χ2v) is 7.87. The zero-order valence-corrected chi connectivity index (χ0v) is 17.9. The molecule has 32 heavy (non-hydrogen) atoms. The number of hydrogen-bond donors (Lipinski definition) is 2. The van der Waals surface area contributed by atoms with Gasteiger partial charge < -0.3 is 20.7 Å². The quantitative estimate of drug-likeness (QED) is 0.579. The Bertz CT molecular complexity index is 1230. The number of fused-ring (bicyclic) bond motifs is 2. The lowest BCUT2D eigenvalue weighted by molar-refractivity contribution is -0.137. The first kappa shape index (κ1) is 21.7. The second kappa shape index (κ2) is 7.54. The van der Waals surface area contributed by atoms with E-state index in [-0.39, 0.29) is 11.6 Å². The maximum absolute atomic E-state index is 13.2. The SMILES string of the molecule is Cc1nc(N[C@H](C)c2cc(N)cc(C(F)(F)F)c2)c2cc3c(cc2n1)O[C@H](C)C(=O)N3C. The van der Waals surface area contributed by atoms with Gasteiger partial charge in [0, 0.05) is 24.2 Å². The van der Waals surface area contributed by atoms with Crippen molar-refractivity contribution in [2.45, 2.75) is 39.1 Å². The van der Waals surface area contributed by atoms with E-state index in [9.17, 15) is 18.0 Å². The van der Waals surface area contributed by atoms with Crippen LogP contribution in [0.3, 0.4) is 0 Å². The molecule has 0 unspecified atom stereocenters. The number of anilines is 3. The molecule has 3 aromatic rings. The van der Waals surface area contributed by atoms with Crippen molar-refractivity contribution in [1.29, 1.82) is 0 Å². The molecule has 0 spiro atoms. The first-order valence-electron chi connectivity index (χ1n) is 9.95. The van der Waals surface area contributed by atoms with Gasteiger partial charge in [-0.25, -0.2) is 9.97 Å². The Morgan fingerprint density at radius 3 is 2.59 bits per heavy atom. The van der Waals surface area contributed by atoms with E-state index in [0.717, 1.165) is 12.1 Å². The molecule has 0 saturated carbocycles. The molecule has 168 valence electrons. The van der Waals surface area contributed by atoms with Gasteiger partial charge in [-0.1, -0.05) is 0 Å². The molecule has 1 amide bonds.